The Hall–Kier alpha value is -2.45. The smallest absolute Gasteiger partial charge is 0.267 e. The first-order valence-electron chi connectivity index (χ1n) is 7.13. The summed E-state index contributed by atoms with van der Waals surface area (Å²) < 4.78 is 29.7. The van der Waals surface area contributed by atoms with Crippen LogP contribution in [0.2, 0.25) is 0 Å². The SMILES string of the molecule is Cc1cc(NC(=O)c2cc3c(s2)-c2ccccc2S(=O)(=O)C3)no1. The fourth-order valence-corrected chi connectivity index (χ4v) is 5.54. The van der Waals surface area contributed by atoms with Crippen molar-refractivity contribution < 1.29 is 17.7 Å². The highest BCUT2D eigenvalue weighted by atomic mass is 32.2. The summed E-state index contributed by atoms with van der Waals surface area (Å²) in [7, 11) is -3.38. The number of amides is 1. The minimum absolute atomic E-state index is 0.0911. The van der Waals surface area contributed by atoms with Crippen molar-refractivity contribution in [3.8, 4) is 10.4 Å². The molecule has 0 fully saturated rings. The van der Waals surface area contributed by atoms with Crippen LogP contribution in [0.4, 0.5) is 5.82 Å². The van der Waals surface area contributed by atoms with E-state index in [1.807, 2.05) is 0 Å². The number of benzene rings is 1. The standard InChI is InChI=1S/C16H12N2O4S2/c1-9-6-14(18-22-9)17-16(19)12-7-10-8-24(20,21)13-5-3-2-4-11(13)15(10)23-12/h2-7H,8H2,1H3,(H,17,18,19). The van der Waals surface area contributed by atoms with E-state index in [2.05, 4.69) is 10.5 Å². The first kappa shape index (κ1) is 15.1. The Morgan fingerprint density at radius 3 is 2.83 bits per heavy atom. The Kier molecular flexibility index (Phi) is 3.33. The molecular weight excluding hydrogens is 348 g/mol. The van der Waals surface area contributed by atoms with Gasteiger partial charge in [-0.1, -0.05) is 23.4 Å². The molecule has 0 spiro atoms. The van der Waals surface area contributed by atoms with Gasteiger partial charge in [0.1, 0.15) is 5.76 Å². The molecule has 6 nitrogen and oxygen atoms in total. The second-order valence-electron chi connectivity index (χ2n) is 5.50. The highest BCUT2D eigenvalue weighted by Crippen LogP contribution is 2.42. The second kappa shape index (κ2) is 5.29. The van der Waals surface area contributed by atoms with Gasteiger partial charge in [0.15, 0.2) is 15.7 Å². The quantitative estimate of drug-likeness (QED) is 0.758. The summed E-state index contributed by atoms with van der Waals surface area (Å²) in [6, 6.07) is 10.1. The maximum absolute atomic E-state index is 12.4. The van der Waals surface area contributed by atoms with Gasteiger partial charge in [0.2, 0.25) is 0 Å². The third kappa shape index (κ3) is 2.44. The number of fused-ring (bicyclic) bond motifs is 3. The molecule has 3 aromatic rings. The van der Waals surface area contributed by atoms with E-state index in [9.17, 15) is 13.2 Å². The van der Waals surface area contributed by atoms with Crippen molar-refractivity contribution in [2.45, 2.75) is 17.6 Å². The number of thiophene rings is 1. The van der Waals surface area contributed by atoms with Gasteiger partial charge in [-0.05, 0) is 24.6 Å². The zero-order valence-electron chi connectivity index (χ0n) is 12.6. The molecular formula is C16H12N2O4S2. The molecule has 0 radical (unpaired) electrons. The minimum Gasteiger partial charge on any atom is -0.360 e. The fourth-order valence-electron chi connectivity index (χ4n) is 2.69. The van der Waals surface area contributed by atoms with E-state index in [1.165, 1.54) is 11.3 Å². The molecule has 4 rings (SSSR count). The zero-order valence-corrected chi connectivity index (χ0v) is 14.2. The van der Waals surface area contributed by atoms with E-state index in [0.717, 1.165) is 4.88 Å². The van der Waals surface area contributed by atoms with Gasteiger partial charge in [0.25, 0.3) is 5.91 Å². The highest BCUT2D eigenvalue weighted by molar-refractivity contribution is 7.91. The summed E-state index contributed by atoms with van der Waals surface area (Å²) in [5.41, 5.74) is 1.31. The van der Waals surface area contributed by atoms with Gasteiger partial charge in [-0.2, -0.15) is 0 Å². The van der Waals surface area contributed by atoms with Crippen LogP contribution in [0.1, 0.15) is 21.0 Å². The maximum atomic E-state index is 12.4. The first-order chi connectivity index (χ1) is 11.4. The largest absolute Gasteiger partial charge is 0.360 e. The lowest BCUT2D eigenvalue weighted by molar-refractivity contribution is 0.102. The molecule has 24 heavy (non-hydrogen) atoms. The lowest BCUT2D eigenvalue weighted by Crippen LogP contribution is -2.11. The molecule has 1 aliphatic heterocycles. The van der Waals surface area contributed by atoms with Gasteiger partial charge in [0, 0.05) is 16.5 Å². The molecule has 1 aromatic carbocycles. The van der Waals surface area contributed by atoms with Gasteiger partial charge in [0.05, 0.1) is 15.5 Å². The van der Waals surface area contributed by atoms with Crippen molar-refractivity contribution in [2.75, 3.05) is 5.32 Å². The summed E-state index contributed by atoms with van der Waals surface area (Å²) in [6.07, 6.45) is 0. The predicted molar refractivity (Wildman–Crippen MR) is 89.8 cm³/mol. The van der Waals surface area contributed by atoms with Gasteiger partial charge >= 0.3 is 0 Å². The second-order valence-corrected chi connectivity index (χ2v) is 8.51. The number of aromatic nitrogens is 1. The van der Waals surface area contributed by atoms with Crippen molar-refractivity contribution in [3.05, 3.63) is 52.6 Å². The van der Waals surface area contributed by atoms with Crippen LogP contribution < -0.4 is 5.32 Å². The number of carbonyl (C=O) groups is 1. The molecule has 0 aliphatic carbocycles. The average Bonchev–Trinajstić information content (AvgIpc) is 3.13. The number of nitrogens with one attached hydrogen (secondary N) is 1. The van der Waals surface area contributed by atoms with Crippen LogP contribution in [0.5, 0.6) is 0 Å². The predicted octanol–water partition coefficient (Wildman–Crippen LogP) is 3.25. The Morgan fingerprint density at radius 2 is 2.08 bits per heavy atom. The fraction of sp³-hybridized carbons (Fsp3) is 0.125. The topological polar surface area (TPSA) is 89.3 Å². The average molecular weight is 360 g/mol. The Labute approximate surface area is 142 Å². The molecule has 122 valence electrons. The Morgan fingerprint density at radius 1 is 1.29 bits per heavy atom. The third-order valence-electron chi connectivity index (χ3n) is 3.71. The Balaban J connectivity index is 1.73. The van der Waals surface area contributed by atoms with Crippen molar-refractivity contribution in [3.63, 3.8) is 0 Å². The summed E-state index contributed by atoms with van der Waals surface area (Å²) >= 11 is 1.28. The van der Waals surface area contributed by atoms with Crippen LogP contribution in [0.25, 0.3) is 10.4 Å². The molecule has 0 bridgehead atoms. The van der Waals surface area contributed by atoms with E-state index < -0.39 is 9.84 Å². The van der Waals surface area contributed by atoms with Crippen molar-refractivity contribution in [1.29, 1.82) is 0 Å². The lowest BCUT2D eigenvalue weighted by atomic mass is 10.1. The summed E-state index contributed by atoms with van der Waals surface area (Å²) in [4.78, 5) is 14.0. The van der Waals surface area contributed by atoms with Crippen LogP contribution in [0.15, 0.2) is 45.8 Å². The molecule has 1 N–H and O–H groups in total. The van der Waals surface area contributed by atoms with Crippen LogP contribution >= 0.6 is 11.3 Å². The maximum Gasteiger partial charge on any atom is 0.267 e. The molecule has 1 aliphatic rings. The number of carbonyl (C=O) groups excluding carboxylic acids is 1. The van der Waals surface area contributed by atoms with Crippen LogP contribution in [-0.4, -0.2) is 19.5 Å². The van der Waals surface area contributed by atoms with Gasteiger partial charge in [-0.15, -0.1) is 11.3 Å². The number of hydrogen-bond donors (Lipinski definition) is 1. The number of rotatable bonds is 2. The van der Waals surface area contributed by atoms with Crippen LogP contribution in [-0.2, 0) is 15.6 Å². The normalized spacial score (nSPS) is 14.7. The number of aryl methyl sites for hydroxylation is 1. The summed E-state index contributed by atoms with van der Waals surface area (Å²) in [6.45, 7) is 1.73. The molecule has 0 unspecified atom stereocenters. The number of anilines is 1. The monoisotopic (exact) mass is 360 g/mol. The van der Waals surface area contributed by atoms with Gasteiger partial charge < -0.3 is 9.84 Å². The molecule has 0 saturated carbocycles. The van der Waals surface area contributed by atoms with E-state index in [4.69, 9.17) is 4.52 Å². The van der Waals surface area contributed by atoms with Crippen molar-refractivity contribution in [1.82, 2.24) is 5.16 Å². The van der Waals surface area contributed by atoms with Crippen molar-refractivity contribution >= 4 is 32.9 Å². The Bertz CT molecular complexity index is 1060. The molecule has 8 heteroatoms. The number of hydrogen-bond acceptors (Lipinski definition) is 6. The molecule has 0 saturated heterocycles. The van der Waals surface area contributed by atoms with Gasteiger partial charge in [-0.3, -0.25) is 4.79 Å². The molecule has 3 heterocycles. The van der Waals surface area contributed by atoms with Crippen LogP contribution in [0.3, 0.4) is 0 Å². The minimum atomic E-state index is -3.38. The lowest BCUT2D eigenvalue weighted by Gasteiger charge is -2.15. The first-order valence-corrected chi connectivity index (χ1v) is 9.60. The van der Waals surface area contributed by atoms with Crippen LogP contribution in [0, 0.1) is 6.92 Å². The van der Waals surface area contributed by atoms with Gasteiger partial charge in [-0.25, -0.2) is 8.42 Å². The van der Waals surface area contributed by atoms with E-state index >= 15 is 0 Å². The summed E-state index contributed by atoms with van der Waals surface area (Å²) in [5.74, 6) is 0.497. The van der Waals surface area contributed by atoms with E-state index in [-0.39, 0.29) is 11.7 Å². The molecule has 1 amide bonds. The van der Waals surface area contributed by atoms with E-state index in [1.54, 1.807) is 43.3 Å². The number of sulfone groups is 1. The zero-order chi connectivity index (χ0) is 16.9. The molecule has 2 aromatic heterocycles. The summed E-state index contributed by atoms with van der Waals surface area (Å²) in [5, 5.41) is 6.37. The molecule has 0 atom stereocenters. The van der Waals surface area contributed by atoms with E-state index in [0.29, 0.717) is 32.5 Å². The number of nitrogens with zero attached hydrogens (tertiary/aromatic N) is 1. The highest BCUT2D eigenvalue weighted by Gasteiger charge is 2.30. The van der Waals surface area contributed by atoms with Crippen molar-refractivity contribution in [2.24, 2.45) is 0 Å². The third-order valence-corrected chi connectivity index (χ3v) is 6.64.